The van der Waals surface area contributed by atoms with Gasteiger partial charge in [-0.2, -0.15) is 0 Å². The maximum Gasteiger partial charge on any atom is 0.246 e. The molecule has 1 N–H and O–H groups in total. The first-order valence-electron chi connectivity index (χ1n) is 4.55. The Morgan fingerprint density at radius 1 is 1.64 bits per heavy atom. The summed E-state index contributed by atoms with van der Waals surface area (Å²) >= 11 is 0. The Bertz CT molecular complexity index is 352. The fourth-order valence-electron chi connectivity index (χ4n) is 1.46. The second kappa shape index (κ2) is 3.75. The van der Waals surface area contributed by atoms with Gasteiger partial charge in [-0.15, -0.1) is 0 Å². The van der Waals surface area contributed by atoms with Gasteiger partial charge in [-0.1, -0.05) is 0 Å². The summed E-state index contributed by atoms with van der Waals surface area (Å²) in [5.74, 6) is -0.0791. The van der Waals surface area contributed by atoms with Crippen LogP contribution in [-0.4, -0.2) is 24.1 Å². The molecule has 1 aromatic heterocycles. The zero-order valence-corrected chi connectivity index (χ0v) is 7.99. The Balaban J connectivity index is 2.17. The van der Waals surface area contributed by atoms with Crippen LogP contribution in [0.5, 0.6) is 0 Å². The van der Waals surface area contributed by atoms with Gasteiger partial charge < -0.3 is 10.1 Å². The van der Waals surface area contributed by atoms with Crippen LogP contribution in [0.4, 0.5) is 0 Å². The van der Waals surface area contributed by atoms with Crippen LogP contribution >= 0.6 is 0 Å². The normalized spacial score (nSPS) is 21.8. The van der Waals surface area contributed by atoms with Gasteiger partial charge in [0.25, 0.3) is 0 Å². The fourth-order valence-corrected chi connectivity index (χ4v) is 1.46. The molecular weight excluding hydrogens is 180 g/mol. The molecule has 74 valence electrons. The number of carbonyl (C=O) groups is 1. The number of hydrogen-bond acceptors (Lipinski definition) is 3. The molecule has 0 aliphatic carbocycles. The summed E-state index contributed by atoms with van der Waals surface area (Å²) in [5, 5.41) is 2.83. The highest BCUT2D eigenvalue weighted by Crippen LogP contribution is 2.14. The highest BCUT2D eigenvalue weighted by molar-refractivity contribution is 5.78. The topological polar surface area (TPSA) is 51.2 Å². The van der Waals surface area contributed by atoms with E-state index in [0.717, 1.165) is 11.3 Å². The number of ether oxygens (including phenoxy) is 1. The van der Waals surface area contributed by atoms with Crippen LogP contribution < -0.4 is 5.32 Å². The Kier molecular flexibility index (Phi) is 2.45. The lowest BCUT2D eigenvalue weighted by Crippen LogP contribution is -2.40. The van der Waals surface area contributed by atoms with Gasteiger partial charge in [-0.3, -0.25) is 9.78 Å². The number of pyridine rings is 1. The standard InChI is InChI=1S/C10H12N2O2/c1-7-2-3-11-8(4-7)9-5-14-6-10(13)12-9/h2-4,9H,5-6H2,1H3,(H,12,13)/t9-/m0/s1. The van der Waals surface area contributed by atoms with Crippen molar-refractivity contribution in [3.05, 3.63) is 29.6 Å². The van der Waals surface area contributed by atoms with Gasteiger partial charge in [0.2, 0.25) is 5.91 Å². The van der Waals surface area contributed by atoms with Crippen molar-refractivity contribution in [1.82, 2.24) is 10.3 Å². The number of hydrogen-bond donors (Lipinski definition) is 1. The van der Waals surface area contributed by atoms with Gasteiger partial charge in [0, 0.05) is 6.20 Å². The predicted octanol–water partition coefficient (Wildman–Crippen LogP) is 0.578. The summed E-state index contributed by atoms with van der Waals surface area (Å²) in [6, 6.07) is 3.78. The monoisotopic (exact) mass is 192 g/mol. The molecule has 4 heteroatoms. The molecule has 1 atom stereocenters. The molecule has 0 unspecified atom stereocenters. The fraction of sp³-hybridized carbons (Fsp3) is 0.400. The molecule has 0 radical (unpaired) electrons. The third kappa shape index (κ3) is 1.90. The van der Waals surface area contributed by atoms with E-state index < -0.39 is 0 Å². The third-order valence-electron chi connectivity index (χ3n) is 2.15. The smallest absolute Gasteiger partial charge is 0.246 e. The summed E-state index contributed by atoms with van der Waals surface area (Å²) in [5.41, 5.74) is 1.99. The van der Waals surface area contributed by atoms with E-state index >= 15 is 0 Å². The maximum atomic E-state index is 11.1. The zero-order chi connectivity index (χ0) is 9.97. The minimum Gasteiger partial charge on any atom is -0.369 e. The van der Waals surface area contributed by atoms with Gasteiger partial charge in [0.1, 0.15) is 6.61 Å². The lowest BCUT2D eigenvalue weighted by atomic mass is 10.1. The van der Waals surface area contributed by atoms with Crippen molar-refractivity contribution >= 4 is 5.91 Å². The minimum absolute atomic E-state index is 0.0791. The number of nitrogens with one attached hydrogen (secondary N) is 1. The van der Waals surface area contributed by atoms with E-state index in [1.807, 2.05) is 19.1 Å². The molecule has 1 amide bonds. The number of rotatable bonds is 1. The van der Waals surface area contributed by atoms with Crippen molar-refractivity contribution in [2.45, 2.75) is 13.0 Å². The number of amides is 1. The van der Waals surface area contributed by atoms with Crippen molar-refractivity contribution in [3.63, 3.8) is 0 Å². The van der Waals surface area contributed by atoms with Crippen LogP contribution in [0, 0.1) is 6.92 Å². The van der Waals surface area contributed by atoms with Crippen LogP contribution in [0.25, 0.3) is 0 Å². The Hall–Kier alpha value is -1.42. The maximum absolute atomic E-state index is 11.1. The van der Waals surface area contributed by atoms with E-state index in [2.05, 4.69) is 10.3 Å². The van der Waals surface area contributed by atoms with Crippen LogP contribution in [0.1, 0.15) is 17.3 Å². The molecule has 1 fully saturated rings. The zero-order valence-electron chi connectivity index (χ0n) is 7.99. The summed E-state index contributed by atoms with van der Waals surface area (Å²) in [6.45, 7) is 2.65. The van der Waals surface area contributed by atoms with Gasteiger partial charge >= 0.3 is 0 Å². The number of aryl methyl sites for hydroxylation is 1. The summed E-state index contributed by atoms with van der Waals surface area (Å²) < 4.78 is 5.14. The largest absolute Gasteiger partial charge is 0.369 e. The van der Waals surface area contributed by atoms with E-state index in [0.29, 0.717) is 6.61 Å². The Labute approximate surface area is 82.3 Å². The SMILES string of the molecule is Cc1ccnc([C@@H]2COCC(=O)N2)c1. The number of carbonyl (C=O) groups excluding carboxylic acids is 1. The minimum atomic E-state index is -0.101. The molecule has 0 saturated carbocycles. The van der Waals surface area contributed by atoms with Crippen molar-refractivity contribution in [1.29, 1.82) is 0 Å². The van der Waals surface area contributed by atoms with E-state index in [1.54, 1.807) is 6.20 Å². The van der Waals surface area contributed by atoms with Crippen LogP contribution in [0.15, 0.2) is 18.3 Å². The average molecular weight is 192 g/mol. The van der Waals surface area contributed by atoms with Crippen molar-refractivity contribution in [3.8, 4) is 0 Å². The molecule has 1 aliphatic heterocycles. The van der Waals surface area contributed by atoms with Crippen LogP contribution in [0.2, 0.25) is 0 Å². The van der Waals surface area contributed by atoms with Crippen LogP contribution in [0.3, 0.4) is 0 Å². The molecule has 1 aliphatic rings. The first-order valence-corrected chi connectivity index (χ1v) is 4.55. The molecule has 0 bridgehead atoms. The molecule has 1 aromatic rings. The Morgan fingerprint density at radius 2 is 2.50 bits per heavy atom. The van der Waals surface area contributed by atoms with Crippen LogP contribution in [-0.2, 0) is 9.53 Å². The lowest BCUT2D eigenvalue weighted by Gasteiger charge is -2.23. The molecule has 0 aromatic carbocycles. The molecule has 14 heavy (non-hydrogen) atoms. The summed E-state index contributed by atoms with van der Waals surface area (Å²) in [6.07, 6.45) is 1.74. The van der Waals surface area contributed by atoms with Gasteiger partial charge in [0.05, 0.1) is 18.3 Å². The Morgan fingerprint density at radius 3 is 3.21 bits per heavy atom. The average Bonchev–Trinajstić information content (AvgIpc) is 2.18. The summed E-state index contributed by atoms with van der Waals surface area (Å²) in [7, 11) is 0. The summed E-state index contributed by atoms with van der Waals surface area (Å²) in [4.78, 5) is 15.3. The first kappa shape index (κ1) is 9.15. The number of morpholine rings is 1. The molecule has 4 nitrogen and oxygen atoms in total. The quantitative estimate of drug-likeness (QED) is 0.708. The van der Waals surface area contributed by atoms with Gasteiger partial charge in [-0.25, -0.2) is 0 Å². The van der Waals surface area contributed by atoms with E-state index in [9.17, 15) is 4.79 Å². The predicted molar refractivity (Wildman–Crippen MR) is 50.7 cm³/mol. The molecule has 2 heterocycles. The van der Waals surface area contributed by atoms with E-state index in [1.165, 1.54) is 0 Å². The number of aromatic nitrogens is 1. The van der Waals surface area contributed by atoms with Gasteiger partial charge in [-0.05, 0) is 24.6 Å². The number of nitrogens with zero attached hydrogens (tertiary/aromatic N) is 1. The van der Waals surface area contributed by atoms with Crippen molar-refractivity contribution in [2.75, 3.05) is 13.2 Å². The second-order valence-corrected chi connectivity index (χ2v) is 3.39. The van der Waals surface area contributed by atoms with Crippen molar-refractivity contribution < 1.29 is 9.53 Å². The van der Waals surface area contributed by atoms with E-state index in [4.69, 9.17) is 4.74 Å². The third-order valence-corrected chi connectivity index (χ3v) is 2.15. The molecule has 2 rings (SSSR count). The molecular formula is C10H12N2O2. The van der Waals surface area contributed by atoms with Gasteiger partial charge in [0.15, 0.2) is 0 Å². The highest BCUT2D eigenvalue weighted by atomic mass is 16.5. The highest BCUT2D eigenvalue weighted by Gasteiger charge is 2.20. The first-order chi connectivity index (χ1) is 6.75. The van der Waals surface area contributed by atoms with Crippen molar-refractivity contribution in [2.24, 2.45) is 0 Å². The molecule has 0 spiro atoms. The second-order valence-electron chi connectivity index (χ2n) is 3.39. The molecule has 1 saturated heterocycles. The van der Waals surface area contributed by atoms with E-state index in [-0.39, 0.29) is 18.6 Å². The lowest BCUT2D eigenvalue weighted by molar-refractivity contribution is -0.131.